The molecule has 0 radical (unpaired) electrons. The van der Waals surface area contributed by atoms with E-state index in [0.29, 0.717) is 6.29 Å². The van der Waals surface area contributed by atoms with E-state index < -0.39 is 41.9 Å². The predicted molar refractivity (Wildman–Crippen MR) is 210 cm³/mol. The minimum atomic E-state index is -4.50. The zero-order chi connectivity index (χ0) is 42.9. The maximum Gasteiger partial charge on any atom is 0.416 e. The van der Waals surface area contributed by atoms with E-state index in [-0.39, 0.29) is 66.9 Å². The lowest BCUT2D eigenvalue weighted by atomic mass is 10.1. The van der Waals surface area contributed by atoms with Gasteiger partial charge in [0.15, 0.2) is 6.29 Å². The van der Waals surface area contributed by atoms with Crippen LogP contribution in [0.1, 0.15) is 60.7 Å². The first kappa shape index (κ1) is 48.3. The Morgan fingerprint density at radius 2 is 1.28 bits per heavy atom. The molecule has 0 spiro atoms. The van der Waals surface area contributed by atoms with Crippen LogP contribution in [0.4, 0.5) is 55.4 Å². The van der Waals surface area contributed by atoms with Gasteiger partial charge in [0.05, 0.1) is 34.8 Å². The molecule has 4 rings (SSSR count). The maximum absolute atomic E-state index is 12.7. The highest BCUT2D eigenvalue weighted by molar-refractivity contribution is 8.00. The number of aliphatic hydroxyl groups is 1. The fourth-order valence-corrected chi connectivity index (χ4v) is 6.00. The molecule has 310 valence electrons. The third kappa shape index (κ3) is 16.3. The molecule has 0 aliphatic rings. The SMILES string of the molecule is CCC(C)CC.CNc1nc(N)nc(SCC(=O)Nc2cccc(C(F)(F)F)c2)c1C=O.Nc1nc(Cl)c(CO)c(SCC(=O)Nc2cccc(C(F)(F)F)c2)n1. The first-order valence-corrected chi connectivity index (χ1v) is 19.0. The normalized spacial score (nSPS) is 11.1. The molecule has 0 bridgehead atoms. The number of thioether (sulfide) groups is 2. The van der Waals surface area contributed by atoms with Gasteiger partial charge < -0.3 is 32.5 Å². The Morgan fingerprint density at radius 1 is 0.825 bits per heavy atom. The van der Waals surface area contributed by atoms with E-state index in [2.05, 4.69) is 56.7 Å². The van der Waals surface area contributed by atoms with Crippen LogP contribution in [0.15, 0.2) is 58.6 Å². The van der Waals surface area contributed by atoms with Crippen molar-refractivity contribution >= 4 is 82.3 Å². The molecule has 8 N–H and O–H groups in total. The highest BCUT2D eigenvalue weighted by Crippen LogP contribution is 2.32. The standard InChI is InChI=1S/C15H14F3N5O2S.C14H12ClF3N4O2S.C6H14/c1-20-12-10(6-24)13(23-14(19)22-12)26-7-11(25)21-9-4-2-3-8(5-9)15(16,17)18;15-11-9(5-23)12(22-13(19)21-11)25-6-10(24)20-8-3-1-2-7(4-8)14(16,17)18;1-4-6(3)5-2/h2-6H,7H2,1H3,(H,21,25)(H3,19,20,22,23);1-4,23H,5-6H2,(H,20,24)(H2,19,21,22);6H,4-5H2,1-3H3. The number of carbonyl (C=O) groups is 3. The fourth-order valence-electron chi connectivity index (χ4n) is 4.07. The molecule has 2 amide bonds. The highest BCUT2D eigenvalue weighted by atomic mass is 35.5. The Bertz CT molecular complexity index is 1970. The summed E-state index contributed by atoms with van der Waals surface area (Å²) in [4.78, 5) is 50.5. The summed E-state index contributed by atoms with van der Waals surface area (Å²) in [6.07, 6.45) is -5.82. The highest BCUT2D eigenvalue weighted by Gasteiger charge is 2.31. The van der Waals surface area contributed by atoms with Crippen LogP contribution >= 0.6 is 35.1 Å². The number of nitrogens with one attached hydrogen (secondary N) is 3. The average Bonchev–Trinajstić information content (AvgIpc) is 3.15. The van der Waals surface area contributed by atoms with E-state index in [0.717, 1.165) is 53.7 Å². The molecule has 2 aromatic carbocycles. The van der Waals surface area contributed by atoms with Crippen LogP contribution in [0.5, 0.6) is 0 Å². The number of aromatic nitrogens is 4. The van der Waals surface area contributed by atoms with E-state index in [1.165, 1.54) is 37.1 Å². The molecule has 22 heteroatoms. The smallest absolute Gasteiger partial charge is 0.391 e. The largest absolute Gasteiger partial charge is 0.416 e. The van der Waals surface area contributed by atoms with Crippen LogP contribution in [0.2, 0.25) is 5.15 Å². The number of aliphatic hydroxyl groups excluding tert-OH is 1. The van der Waals surface area contributed by atoms with Gasteiger partial charge in [0.25, 0.3) is 0 Å². The Morgan fingerprint density at radius 3 is 1.68 bits per heavy atom. The number of halogens is 7. The number of hydrogen-bond donors (Lipinski definition) is 6. The quantitative estimate of drug-likeness (QED) is 0.0326. The van der Waals surface area contributed by atoms with Crippen molar-refractivity contribution in [1.82, 2.24) is 19.9 Å². The summed E-state index contributed by atoms with van der Waals surface area (Å²) in [5.74, 6) is -0.523. The fraction of sp³-hybridized carbons (Fsp3) is 0.343. The molecule has 2 aromatic heterocycles. The van der Waals surface area contributed by atoms with Gasteiger partial charge in [-0.15, -0.1) is 0 Å². The molecule has 0 atom stereocenters. The molecule has 0 unspecified atom stereocenters. The second-order valence-electron chi connectivity index (χ2n) is 11.6. The number of carbonyl (C=O) groups excluding carboxylic acids is 3. The van der Waals surface area contributed by atoms with E-state index in [1.54, 1.807) is 7.05 Å². The Kier molecular flexibility index (Phi) is 19.3. The first-order chi connectivity index (χ1) is 26.7. The Hall–Kier alpha value is -4.86. The van der Waals surface area contributed by atoms with E-state index in [9.17, 15) is 45.8 Å². The van der Waals surface area contributed by atoms with E-state index in [4.69, 9.17) is 23.1 Å². The first-order valence-electron chi connectivity index (χ1n) is 16.7. The minimum Gasteiger partial charge on any atom is -0.391 e. The van der Waals surface area contributed by atoms with Crippen LogP contribution in [0.25, 0.3) is 0 Å². The summed E-state index contributed by atoms with van der Waals surface area (Å²) in [5.41, 5.74) is 9.66. The van der Waals surface area contributed by atoms with Gasteiger partial charge in [0, 0.05) is 24.0 Å². The van der Waals surface area contributed by atoms with Gasteiger partial charge >= 0.3 is 12.4 Å². The number of nitrogens with two attached hydrogens (primary N) is 2. The topological polar surface area (TPSA) is 211 Å². The van der Waals surface area contributed by atoms with Crippen molar-refractivity contribution in [1.29, 1.82) is 0 Å². The van der Waals surface area contributed by atoms with Crippen molar-refractivity contribution in [3.8, 4) is 0 Å². The van der Waals surface area contributed by atoms with Crippen molar-refractivity contribution in [2.24, 2.45) is 5.92 Å². The lowest BCUT2D eigenvalue weighted by Crippen LogP contribution is -2.15. The molecular formula is C35H40ClF6N9O4S2. The second-order valence-corrected chi connectivity index (χ2v) is 13.9. The molecule has 0 aliphatic heterocycles. The molecule has 2 heterocycles. The van der Waals surface area contributed by atoms with Gasteiger partial charge in [-0.3, -0.25) is 14.4 Å². The Labute approximate surface area is 337 Å². The molecule has 0 aliphatic carbocycles. The second kappa shape index (κ2) is 22.8. The number of alkyl halides is 6. The maximum atomic E-state index is 12.7. The Balaban J connectivity index is 0.000000344. The number of anilines is 5. The lowest BCUT2D eigenvalue weighted by molar-refractivity contribution is -0.138. The number of amides is 2. The summed E-state index contributed by atoms with van der Waals surface area (Å²) in [6, 6.07) is 8.56. The van der Waals surface area contributed by atoms with Crippen LogP contribution in [0, 0.1) is 5.92 Å². The van der Waals surface area contributed by atoms with Crippen LogP contribution in [-0.4, -0.2) is 61.7 Å². The van der Waals surface area contributed by atoms with Crippen molar-refractivity contribution in [2.75, 3.05) is 46.0 Å². The zero-order valence-electron chi connectivity index (χ0n) is 30.9. The summed E-state index contributed by atoms with van der Waals surface area (Å²) >= 11 is 7.67. The molecule has 0 fully saturated rings. The van der Waals surface area contributed by atoms with Crippen molar-refractivity contribution in [3.63, 3.8) is 0 Å². The molecule has 57 heavy (non-hydrogen) atoms. The van der Waals surface area contributed by atoms with Crippen molar-refractivity contribution < 1.29 is 45.8 Å². The molecule has 13 nitrogen and oxygen atoms in total. The summed E-state index contributed by atoms with van der Waals surface area (Å²) in [5, 5.41) is 17.1. The summed E-state index contributed by atoms with van der Waals surface area (Å²) in [7, 11) is 1.55. The van der Waals surface area contributed by atoms with Gasteiger partial charge in [-0.25, -0.2) is 15.0 Å². The molecular weight excluding hydrogens is 824 g/mol. The monoisotopic (exact) mass is 863 g/mol. The third-order valence-electron chi connectivity index (χ3n) is 7.40. The van der Waals surface area contributed by atoms with Crippen molar-refractivity contribution in [3.05, 3.63) is 75.9 Å². The third-order valence-corrected chi connectivity index (χ3v) is 9.72. The van der Waals surface area contributed by atoms with Crippen LogP contribution < -0.4 is 27.4 Å². The zero-order valence-corrected chi connectivity index (χ0v) is 33.3. The lowest BCUT2D eigenvalue weighted by Gasteiger charge is -2.11. The summed E-state index contributed by atoms with van der Waals surface area (Å²) < 4.78 is 76.0. The number of hydrogen-bond acceptors (Lipinski definition) is 13. The van der Waals surface area contributed by atoms with Crippen LogP contribution in [0.3, 0.4) is 0 Å². The van der Waals surface area contributed by atoms with Gasteiger partial charge in [-0.2, -0.15) is 31.3 Å². The predicted octanol–water partition coefficient (Wildman–Crippen LogP) is 8.06. The number of aldehydes is 1. The van der Waals surface area contributed by atoms with E-state index >= 15 is 0 Å². The van der Waals surface area contributed by atoms with Gasteiger partial charge in [0.2, 0.25) is 23.7 Å². The van der Waals surface area contributed by atoms with Gasteiger partial charge in [-0.05, 0) is 42.3 Å². The van der Waals surface area contributed by atoms with Gasteiger partial charge in [0.1, 0.15) is 21.0 Å². The molecule has 0 saturated carbocycles. The summed E-state index contributed by atoms with van der Waals surface area (Å²) in [6.45, 7) is 6.29. The number of nitrogens with zero attached hydrogens (tertiary/aromatic N) is 4. The average molecular weight is 864 g/mol. The minimum absolute atomic E-state index is 0.0131. The van der Waals surface area contributed by atoms with Gasteiger partial charge in [-0.1, -0.05) is 80.9 Å². The number of rotatable bonds is 13. The van der Waals surface area contributed by atoms with Crippen LogP contribution in [-0.2, 0) is 28.5 Å². The van der Waals surface area contributed by atoms with E-state index in [1.807, 2.05) is 0 Å². The number of benzene rings is 2. The molecule has 4 aromatic rings. The molecule has 0 saturated heterocycles. The van der Waals surface area contributed by atoms with Crippen molar-refractivity contribution in [2.45, 2.75) is 62.6 Å². The number of nitrogen functional groups attached to an aromatic ring is 2.